The predicted molar refractivity (Wildman–Crippen MR) is 80.5 cm³/mol. The molecule has 2 N–H and O–H groups in total. The summed E-state index contributed by atoms with van der Waals surface area (Å²) < 4.78 is 5.10. The Bertz CT molecular complexity index is 602. The number of aromatic nitrogens is 3. The van der Waals surface area contributed by atoms with Gasteiger partial charge in [-0.2, -0.15) is 0 Å². The average Bonchev–Trinajstić information content (AvgIpc) is 2.97. The molecule has 0 saturated carbocycles. The number of anilines is 1. The van der Waals surface area contributed by atoms with Gasteiger partial charge in [0.2, 0.25) is 5.13 Å². The van der Waals surface area contributed by atoms with E-state index < -0.39 is 0 Å². The zero-order valence-electron chi connectivity index (χ0n) is 12.6. The standard InChI is InChI=1S/C13H19N5O2S/c1-5-6-10-16-17-13(21-10)15-12(19)14-7(2)11-8(3)18-20-9(11)4/h7H,5-6H2,1-4H3,(H2,14,15,17,19). The minimum Gasteiger partial charge on any atom is -0.361 e. The molecule has 1 unspecified atom stereocenters. The average molecular weight is 309 g/mol. The van der Waals surface area contributed by atoms with Crippen molar-refractivity contribution < 1.29 is 9.32 Å². The van der Waals surface area contributed by atoms with Crippen LogP contribution >= 0.6 is 11.3 Å². The molecule has 7 nitrogen and oxygen atoms in total. The minimum atomic E-state index is -0.318. The van der Waals surface area contributed by atoms with Crippen LogP contribution in [0.5, 0.6) is 0 Å². The van der Waals surface area contributed by atoms with E-state index in [9.17, 15) is 4.79 Å². The van der Waals surface area contributed by atoms with Gasteiger partial charge >= 0.3 is 6.03 Å². The van der Waals surface area contributed by atoms with Gasteiger partial charge in [-0.25, -0.2) is 4.79 Å². The third kappa shape index (κ3) is 3.78. The third-order valence-electron chi connectivity index (χ3n) is 3.02. The molecule has 2 amide bonds. The smallest absolute Gasteiger partial charge is 0.321 e. The molecule has 1 atom stereocenters. The van der Waals surface area contributed by atoms with Crippen molar-refractivity contribution in [1.29, 1.82) is 0 Å². The number of hydrogen-bond acceptors (Lipinski definition) is 6. The Morgan fingerprint density at radius 2 is 2.14 bits per heavy atom. The van der Waals surface area contributed by atoms with Crippen molar-refractivity contribution in [2.75, 3.05) is 5.32 Å². The van der Waals surface area contributed by atoms with Gasteiger partial charge in [-0.1, -0.05) is 23.4 Å². The summed E-state index contributed by atoms with van der Waals surface area (Å²) in [7, 11) is 0. The number of rotatable bonds is 5. The van der Waals surface area contributed by atoms with Gasteiger partial charge in [-0.15, -0.1) is 10.2 Å². The van der Waals surface area contributed by atoms with Crippen LogP contribution in [-0.4, -0.2) is 21.4 Å². The van der Waals surface area contributed by atoms with Gasteiger partial charge < -0.3 is 9.84 Å². The predicted octanol–water partition coefficient (Wildman–Crippen LogP) is 2.98. The van der Waals surface area contributed by atoms with E-state index in [1.165, 1.54) is 11.3 Å². The Kier molecular flexibility index (Phi) is 4.89. The molecule has 2 rings (SSSR count). The number of nitrogens with zero attached hydrogens (tertiary/aromatic N) is 3. The van der Waals surface area contributed by atoms with Crippen molar-refractivity contribution >= 4 is 22.5 Å². The fourth-order valence-electron chi connectivity index (χ4n) is 2.13. The number of carbonyl (C=O) groups excluding carboxylic acids is 1. The zero-order chi connectivity index (χ0) is 15.4. The molecular weight excluding hydrogens is 290 g/mol. The van der Waals surface area contributed by atoms with Gasteiger partial charge in [0.25, 0.3) is 0 Å². The Balaban J connectivity index is 1.95. The van der Waals surface area contributed by atoms with Crippen LogP contribution in [0.2, 0.25) is 0 Å². The Labute approximate surface area is 127 Å². The van der Waals surface area contributed by atoms with Gasteiger partial charge in [-0.3, -0.25) is 5.32 Å². The molecule has 2 aromatic rings. The topological polar surface area (TPSA) is 92.9 Å². The van der Waals surface area contributed by atoms with E-state index in [0.29, 0.717) is 10.9 Å². The van der Waals surface area contributed by atoms with Gasteiger partial charge in [0.15, 0.2) is 0 Å². The monoisotopic (exact) mass is 309 g/mol. The van der Waals surface area contributed by atoms with Crippen molar-refractivity contribution in [2.45, 2.75) is 46.6 Å². The van der Waals surface area contributed by atoms with Crippen LogP contribution in [-0.2, 0) is 6.42 Å². The summed E-state index contributed by atoms with van der Waals surface area (Å²) in [6.45, 7) is 7.64. The maximum Gasteiger partial charge on any atom is 0.321 e. The highest BCUT2D eigenvalue weighted by molar-refractivity contribution is 7.15. The highest BCUT2D eigenvalue weighted by Crippen LogP contribution is 2.21. The van der Waals surface area contributed by atoms with E-state index in [1.807, 2.05) is 20.8 Å². The summed E-state index contributed by atoms with van der Waals surface area (Å²) in [5, 5.41) is 18.8. The normalized spacial score (nSPS) is 12.2. The molecule has 0 aliphatic rings. The third-order valence-corrected chi connectivity index (χ3v) is 3.92. The van der Waals surface area contributed by atoms with E-state index in [-0.39, 0.29) is 12.1 Å². The van der Waals surface area contributed by atoms with Crippen molar-refractivity contribution in [2.24, 2.45) is 0 Å². The lowest BCUT2D eigenvalue weighted by atomic mass is 10.1. The quantitative estimate of drug-likeness (QED) is 0.885. The Morgan fingerprint density at radius 1 is 1.38 bits per heavy atom. The Morgan fingerprint density at radius 3 is 2.76 bits per heavy atom. The first kappa shape index (κ1) is 15.4. The van der Waals surface area contributed by atoms with Crippen molar-refractivity contribution in [3.63, 3.8) is 0 Å². The van der Waals surface area contributed by atoms with Crippen LogP contribution in [0.3, 0.4) is 0 Å². The summed E-state index contributed by atoms with van der Waals surface area (Å²) in [5.41, 5.74) is 1.68. The van der Waals surface area contributed by atoms with Crippen molar-refractivity contribution in [3.8, 4) is 0 Å². The van der Waals surface area contributed by atoms with Gasteiger partial charge in [-0.05, 0) is 27.2 Å². The number of aryl methyl sites for hydroxylation is 3. The van der Waals surface area contributed by atoms with Crippen LogP contribution in [0, 0.1) is 13.8 Å². The molecule has 114 valence electrons. The fraction of sp³-hybridized carbons (Fsp3) is 0.538. The molecule has 0 saturated heterocycles. The maximum absolute atomic E-state index is 12.0. The minimum absolute atomic E-state index is 0.195. The summed E-state index contributed by atoms with van der Waals surface area (Å²) in [6.07, 6.45) is 1.88. The van der Waals surface area contributed by atoms with Crippen LogP contribution in [0.15, 0.2) is 4.52 Å². The first-order valence-corrected chi connectivity index (χ1v) is 7.65. The van der Waals surface area contributed by atoms with Crippen LogP contribution < -0.4 is 10.6 Å². The first-order valence-electron chi connectivity index (χ1n) is 6.84. The largest absolute Gasteiger partial charge is 0.361 e. The summed E-state index contributed by atoms with van der Waals surface area (Å²) in [6, 6.07) is -0.513. The van der Waals surface area contributed by atoms with Crippen LogP contribution in [0.25, 0.3) is 0 Å². The first-order chi connectivity index (χ1) is 10.0. The lowest BCUT2D eigenvalue weighted by Crippen LogP contribution is -2.31. The molecule has 8 heteroatoms. The SMILES string of the molecule is CCCc1nnc(NC(=O)NC(C)c2c(C)noc2C)s1. The highest BCUT2D eigenvalue weighted by Gasteiger charge is 2.18. The lowest BCUT2D eigenvalue weighted by Gasteiger charge is -2.13. The fourth-order valence-corrected chi connectivity index (χ4v) is 2.97. The number of urea groups is 1. The van der Waals surface area contributed by atoms with E-state index >= 15 is 0 Å². The van der Waals surface area contributed by atoms with Crippen LogP contribution in [0.4, 0.5) is 9.93 Å². The highest BCUT2D eigenvalue weighted by atomic mass is 32.1. The molecule has 2 aromatic heterocycles. The molecule has 0 fully saturated rings. The van der Waals surface area contributed by atoms with E-state index in [1.54, 1.807) is 0 Å². The number of nitrogens with one attached hydrogen (secondary N) is 2. The number of hydrogen-bond donors (Lipinski definition) is 2. The number of amides is 2. The van der Waals surface area contributed by atoms with Gasteiger partial charge in [0, 0.05) is 12.0 Å². The summed E-state index contributed by atoms with van der Waals surface area (Å²) in [4.78, 5) is 12.0. The van der Waals surface area contributed by atoms with Gasteiger partial charge in [0.1, 0.15) is 10.8 Å². The molecule has 0 aromatic carbocycles. The van der Waals surface area contributed by atoms with E-state index in [0.717, 1.165) is 29.1 Å². The van der Waals surface area contributed by atoms with Crippen molar-refractivity contribution in [3.05, 3.63) is 22.0 Å². The number of carbonyl (C=O) groups is 1. The lowest BCUT2D eigenvalue weighted by molar-refractivity contribution is 0.249. The summed E-state index contributed by atoms with van der Waals surface area (Å²) >= 11 is 1.39. The maximum atomic E-state index is 12.0. The molecule has 0 spiro atoms. The Hall–Kier alpha value is -1.96. The second-order valence-corrected chi connectivity index (χ2v) is 5.87. The van der Waals surface area contributed by atoms with E-state index in [4.69, 9.17) is 4.52 Å². The molecule has 2 heterocycles. The summed E-state index contributed by atoms with van der Waals surface area (Å²) in [5.74, 6) is 0.710. The molecule has 0 aliphatic carbocycles. The van der Waals surface area contributed by atoms with Crippen LogP contribution in [0.1, 0.15) is 48.3 Å². The van der Waals surface area contributed by atoms with Gasteiger partial charge in [0.05, 0.1) is 11.7 Å². The second-order valence-electron chi connectivity index (χ2n) is 4.81. The zero-order valence-corrected chi connectivity index (χ0v) is 13.4. The molecule has 0 bridgehead atoms. The molecule has 21 heavy (non-hydrogen) atoms. The molecule has 0 radical (unpaired) electrons. The molecular formula is C13H19N5O2S. The second kappa shape index (κ2) is 6.66. The van der Waals surface area contributed by atoms with E-state index in [2.05, 4.69) is 32.9 Å². The van der Waals surface area contributed by atoms with Crippen molar-refractivity contribution in [1.82, 2.24) is 20.7 Å². The molecule has 0 aliphatic heterocycles.